The van der Waals surface area contributed by atoms with Crippen LogP contribution in [0.1, 0.15) is 29.9 Å². The lowest BCUT2D eigenvalue weighted by Crippen LogP contribution is -2.81. The second-order valence-electron chi connectivity index (χ2n) is 7.24. The number of carboxylic acid groups (broad SMARTS) is 1. The van der Waals surface area contributed by atoms with Gasteiger partial charge in [-0.15, -0.1) is 0 Å². The van der Waals surface area contributed by atoms with E-state index < -0.39 is 23.6 Å². The van der Waals surface area contributed by atoms with Gasteiger partial charge in [-0.2, -0.15) is 0 Å². The van der Waals surface area contributed by atoms with Crippen molar-refractivity contribution in [3.63, 3.8) is 0 Å². The molecule has 6 nitrogen and oxygen atoms in total. The molecule has 0 aromatic heterocycles. The van der Waals surface area contributed by atoms with E-state index in [1.165, 1.54) is 0 Å². The van der Waals surface area contributed by atoms with Crippen LogP contribution in [0.25, 0.3) is 11.1 Å². The summed E-state index contributed by atoms with van der Waals surface area (Å²) >= 11 is 0. The molecule has 1 heterocycles. The van der Waals surface area contributed by atoms with Crippen LogP contribution in [0.2, 0.25) is 0 Å². The van der Waals surface area contributed by atoms with Crippen LogP contribution < -0.4 is 10.8 Å². The molecule has 2 aromatic carbocycles. The Morgan fingerprint density at radius 2 is 1.70 bits per heavy atom. The number of hydrogen-bond acceptors (Lipinski definition) is 5. The Morgan fingerprint density at radius 1 is 1.11 bits per heavy atom. The topological polar surface area (TPSA) is 103 Å². The van der Waals surface area contributed by atoms with Crippen LogP contribution in [0, 0.1) is 0 Å². The molecule has 2 atom stereocenters. The zero-order valence-electron chi connectivity index (χ0n) is 14.9. The number of esters is 1. The first kappa shape index (κ1) is 17.7. The van der Waals surface area contributed by atoms with Gasteiger partial charge in [0.2, 0.25) is 0 Å². The number of carboxylic acids is 1. The van der Waals surface area contributed by atoms with E-state index in [0.29, 0.717) is 0 Å². The number of ether oxygens (including phenoxy) is 2. The predicted octanol–water partition coefficient (Wildman–Crippen LogP) is 0.252. The Morgan fingerprint density at radius 3 is 2.30 bits per heavy atom. The summed E-state index contributed by atoms with van der Waals surface area (Å²) in [6, 6.07) is 16.2. The van der Waals surface area contributed by atoms with Crippen molar-refractivity contribution in [2.45, 2.75) is 30.4 Å². The lowest BCUT2D eigenvalue weighted by Gasteiger charge is -2.34. The van der Waals surface area contributed by atoms with Gasteiger partial charge in [-0.05, 0) is 22.3 Å². The van der Waals surface area contributed by atoms with Gasteiger partial charge >= 0.3 is 5.97 Å². The number of fused-ring (bicyclic) bond motifs is 3. The summed E-state index contributed by atoms with van der Waals surface area (Å²) in [6.45, 7) is 0.328. The second kappa shape index (κ2) is 6.79. The number of rotatable bonds is 4. The summed E-state index contributed by atoms with van der Waals surface area (Å²) in [5.74, 6) is -1.86. The fourth-order valence-electron chi connectivity index (χ4n) is 3.95. The molecule has 1 saturated heterocycles. The van der Waals surface area contributed by atoms with Crippen molar-refractivity contribution in [1.29, 1.82) is 0 Å². The number of hydrogen-bond donors (Lipinski definition) is 1. The van der Waals surface area contributed by atoms with E-state index in [-0.39, 0.29) is 32.0 Å². The van der Waals surface area contributed by atoms with Gasteiger partial charge in [-0.3, -0.25) is 0 Å². The normalized spacial score (nSPS) is 24.1. The smallest absolute Gasteiger partial charge is 0.335 e. The summed E-state index contributed by atoms with van der Waals surface area (Å²) in [7, 11) is 0. The van der Waals surface area contributed by atoms with Crippen molar-refractivity contribution in [3.8, 4) is 11.1 Å². The minimum atomic E-state index is -1.31. The van der Waals surface area contributed by atoms with E-state index in [9.17, 15) is 14.7 Å². The van der Waals surface area contributed by atoms with Gasteiger partial charge in [0.15, 0.2) is 6.10 Å². The molecule has 2 aromatic rings. The Balaban J connectivity index is 1.49. The van der Waals surface area contributed by atoms with E-state index in [2.05, 4.69) is 17.9 Å². The molecule has 4 rings (SSSR count). The molecule has 1 aliphatic heterocycles. The summed E-state index contributed by atoms with van der Waals surface area (Å²) in [5, 5.41) is 11.3. The molecule has 2 aliphatic rings. The van der Waals surface area contributed by atoms with E-state index in [4.69, 9.17) is 9.47 Å². The number of quaternary nitrogens is 1. The SMILES string of the molecule is [NH3+][C@]1(C(=O)[O-])CCO[C@H](C(=O)OCC2c3ccccc3-c3ccccc32)C1. The summed E-state index contributed by atoms with van der Waals surface area (Å²) in [4.78, 5) is 23.8. The Bertz CT molecular complexity index is 850. The fourth-order valence-corrected chi connectivity index (χ4v) is 3.95. The molecule has 27 heavy (non-hydrogen) atoms. The summed E-state index contributed by atoms with van der Waals surface area (Å²) < 4.78 is 11.0. The Hall–Kier alpha value is -2.70. The molecular formula is C21H21NO5. The van der Waals surface area contributed by atoms with Crippen molar-refractivity contribution in [2.24, 2.45) is 0 Å². The van der Waals surface area contributed by atoms with Gasteiger partial charge in [0.25, 0.3) is 0 Å². The van der Waals surface area contributed by atoms with Crippen LogP contribution in [0.3, 0.4) is 0 Å². The Kier molecular flexibility index (Phi) is 4.45. The average molecular weight is 367 g/mol. The third-order valence-corrected chi connectivity index (χ3v) is 5.53. The zero-order chi connectivity index (χ0) is 19.0. The van der Waals surface area contributed by atoms with Gasteiger partial charge < -0.3 is 25.1 Å². The molecule has 0 bridgehead atoms. The average Bonchev–Trinajstić information content (AvgIpc) is 3.00. The van der Waals surface area contributed by atoms with E-state index >= 15 is 0 Å². The van der Waals surface area contributed by atoms with Crippen LogP contribution in [0.5, 0.6) is 0 Å². The standard InChI is InChI=1S/C21H21NO5/c22-21(20(24)25)9-10-26-18(11-21)19(23)27-12-17-15-7-3-1-5-13(15)14-6-2-4-8-16(14)17/h1-8,17-18H,9-12,22H2,(H,24,25)/t18-,21+/m0/s1. The highest BCUT2D eigenvalue weighted by atomic mass is 16.6. The van der Waals surface area contributed by atoms with Crippen LogP contribution in [0.15, 0.2) is 48.5 Å². The minimum absolute atomic E-state index is 0.0357. The molecule has 140 valence electrons. The molecule has 1 aliphatic carbocycles. The van der Waals surface area contributed by atoms with Gasteiger partial charge in [-0.1, -0.05) is 48.5 Å². The third-order valence-electron chi connectivity index (χ3n) is 5.53. The number of aliphatic carboxylic acids is 1. The van der Waals surface area contributed by atoms with Gasteiger partial charge in [-0.25, -0.2) is 4.79 Å². The van der Waals surface area contributed by atoms with Crippen LogP contribution in [0.4, 0.5) is 0 Å². The molecular weight excluding hydrogens is 346 g/mol. The predicted molar refractivity (Wildman–Crippen MR) is 94.3 cm³/mol. The number of benzene rings is 2. The van der Waals surface area contributed by atoms with Gasteiger partial charge in [0.1, 0.15) is 18.1 Å². The maximum absolute atomic E-state index is 12.5. The number of carbonyl (C=O) groups is 2. The van der Waals surface area contributed by atoms with Crippen LogP contribution in [-0.4, -0.2) is 36.8 Å². The lowest BCUT2D eigenvalue weighted by atomic mass is 9.88. The van der Waals surface area contributed by atoms with E-state index in [0.717, 1.165) is 22.3 Å². The molecule has 1 fully saturated rings. The maximum Gasteiger partial charge on any atom is 0.335 e. The van der Waals surface area contributed by atoms with Crippen molar-refractivity contribution in [1.82, 2.24) is 0 Å². The van der Waals surface area contributed by atoms with Gasteiger partial charge in [0, 0.05) is 18.8 Å². The van der Waals surface area contributed by atoms with Crippen LogP contribution >= 0.6 is 0 Å². The van der Waals surface area contributed by atoms with Crippen LogP contribution in [-0.2, 0) is 19.1 Å². The minimum Gasteiger partial charge on any atom is -0.544 e. The lowest BCUT2D eigenvalue weighted by molar-refractivity contribution is -0.497. The molecule has 0 unspecified atom stereocenters. The van der Waals surface area contributed by atoms with E-state index in [1.807, 2.05) is 36.4 Å². The molecule has 0 spiro atoms. The Labute approximate surface area is 156 Å². The number of carbonyl (C=O) groups excluding carboxylic acids is 2. The first-order valence-electron chi connectivity index (χ1n) is 9.03. The second-order valence-corrected chi connectivity index (χ2v) is 7.24. The molecule has 0 radical (unpaired) electrons. The molecule has 0 saturated carbocycles. The first-order chi connectivity index (χ1) is 13.0. The molecule has 0 amide bonds. The van der Waals surface area contributed by atoms with Crippen molar-refractivity contribution < 1.29 is 29.9 Å². The van der Waals surface area contributed by atoms with Crippen molar-refractivity contribution >= 4 is 11.9 Å². The zero-order valence-corrected chi connectivity index (χ0v) is 14.9. The highest BCUT2D eigenvalue weighted by Gasteiger charge is 2.42. The quantitative estimate of drug-likeness (QED) is 0.781. The first-order valence-corrected chi connectivity index (χ1v) is 9.03. The third kappa shape index (κ3) is 3.11. The van der Waals surface area contributed by atoms with E-state index in [1.54, 1.807) is 0 Å². The van der Waals surface area contributed by atoms with Crippen molar-refractivity contribution in [2.75, 3.05) is 13.2 Å². The highest BCUT2D eigenvalue weighted by molar-refractivity contribution is 5.81. The van der Waals surface area contributed by atoms with Gasteiger partial charge in [0.05, 0.1) is 6.61 Å². The summed E-state index contributed by atoms with van der Waals surface area (Å²) in [5.41, 5.74) is 6.94. The largest absolute Gasteiger partial charge is 0.544 e. The molecule has 6 heteroatoms. The molecule has 3 N–H and O–H groups in total. The fraction of sp³-hybridized carbons (Fsp3) is 0.333. The summed E-state index contributed by atoms with van der Waals surface area (Å²) in [6.07, 6.45) is -0.741. The van der Waals surface area contributed by atoms with Crippen molar-refractivity contribution in [3.05, 3.63) is 59.7 Å². The highest BCUT2D eigenvalue weighted by Crippen LogP contribution is 2.44. The monoisotopic (exact) mass is 367 g/mol. The maximum atomic E-state index is 12.5.